The van der Waals surface area contributed by atoms with E-state index in [2.05, 4.69) is 0 Å². The quantitative estimate of drug-likeness (QED) is 0.464. The van der Waals surface area contributed by atoms with Gasteiger partial charge in [0.1, 0.15) is 5.58 Å². The molecule has 0 aliphatic heterocycles. The Morgan fingerprint density at radius 3 is 2.43 bits per heavy atom. The topological polar surface area (TPSA) is 70.7 Å². The van der Waals surface area contributed by atoms with Crippen LogP contribution in [0.4, 0.5) is 0 Å². The second kappa shape index (κ2) is 5.21. The minimum atomic E-state index is -0.302. The molecule has 0 atom stereocenters. The highest BCUT2D eigenvalue weighted by Crippen LogP contribution is 2.08. The smallest absolute Gasteiger partial charge is 0.429 e. The molecule has 5 heteroatoms. The van der Waals surface area contributed by atoms with Gasteiger partial charge in [-0.25, -0.2) is 4.79 Å². The first-order chi connectivity index (χ1) is 6.77. The van der Waals surface area contributed by atoms with E-state index in [0.29, 0.717) is 5.58 Å². The molecule has 1 aromatic carbocycles. The summed E-state index contributed by atoms with van der Waals surface area (Å²) in [5, 5.41) is 15.0. The van der Waals surface area contributed by atoms with Gasteiger partial charge in [0.05, 0.1) is 0 Å². The van der Waals surface area contributed by atoms with Gasteiger partial charge in [-0.2, -0.15) is 0 Å². The van der Waals surface area contributed by atoms with Gasteiger partial charge >= 0.3 is 13.3 Å². The lowest BCUT2D eigenvalue weighted by Crippen LogP contribution is -1.93. The zero-order chi connectivity index (χ0) is 10.4. The van der Waals surface area contributed by atoms with Crippen LogP contribution in [-0.4, -0.2) is 17.7 Å². The second-order valence-corrected chi connectivity index (χ2v) is 2.41. The first kappa shape index (κ1) is 10.5. The third-order valence-electron chi connectivity index (χ3n) is 1.53. The zero-order valence-corrected chi connectivity index (χ0v) is 7.25. The van der Waals surface area contributed by atoms with Crippen LogP contribution in [0, 0.1) is 0 Å². The lowest BCUT2D eigenvalue weighted by atomic mass is 10.2. The fourth-order valence-electron chi connectivity index (χ4n) is 1.01. The van der Waals surface area contributed by atoms with E-state index in [1.807, 2.05) is 18.2 Å². The highest BCUT2D eigenvalue weighted by Gasteiger charge is 1.92. The largest absolute Gasteiger partial charge is 0.482 e. The standard InChI is InChI=1S/C9H6O2.BH2O2/c10-9-6-5-7-3-1-2-4-8(7)11-9;2-1-3/h1-6H;2-3H. The van der Waals surface area contributed by atoms with Crippen LogP contribution in [-0.2, 0) is 0 Å². The molecule has 0 fully saturated rings. The number of hydrogen-bond acceptors (Lipinski definition) is 4. The van der Waals surface area contributed by atoms with E-state index < -0.39 is 0 Å². The van der Waals surface area contributed by atoms with Crippen molar-refractivity contribution in [1.29, 1.82) is 0 Å². The van der Waals surface area contributed by atoms with E-state index in [-0.39, 0.29) is 13.3 Å². The third-order valence-corrected chi connectivity index (χ3v) is 1.53. The van der Waals surface area contributed by atoms with Crippen molar-refractivity contribution >= 4 is 18.7 Å². The number of para-hydroxylation sites is 1. The first-order valence-corrected chi connectivity index (χ1v) is 3.87. The highest BCUT2D eigenvalue weighted by atomic mass is 16.4. The van der Waals surface area contributed by atoms with Crippen LogP contribution in [0.2, 0.25) is 0 Å². The molecule has 1 heterocycles. The summed E-state index contributed by atoms with van der Waals surface area (Å²) in [4.78, 5) is 10.7. The molecule has 0 saturated heterocycles. The molecule has 2 aromatic rings. The molecule has 1 aromatic heterocycles. The zero-order valence-electron chi connectivity index (χ0n) is 7.25. The van der Waals surface area contributed by atoms with Gasteiger partial charge in [0.25, 0.3) is 0 Å². The molecule has 1 radical (unpaired) electrons. The van der Waals surface area contributed by atoms with Crippen molar-refractivity contribution in [1.82, 2.24) is 0 Å². The van der Waals surface area contributed by atoms with Gasteiger partial charge < -0.3 is 14.5 Å². The summed E-state index contributed by atoms with van der Waals surface area (Å²) in [6.45, 7) is 0. The van der Waals surface area contributed by atoms with Crippen molar-refractivity contribution in [2.45, 2.75) is 0 Å². The van der Waals surface area contributed by atoms with Crippen LogP contribution < -0.4 is 5.63 Å². The minimum Gasteiger partial charge on any atom is -0.429 e. The Hall–Kier alpha value is -1.59. The fourth-order valence-corrected chi connectivity index (χ4v) is 1.01. The van der Waals surface area contributed by atoms with Crippen molar-refractivity contribution in [2.75, 3.05) is 0 Å². The van der Waals surface area contributed by atoms with Crippen molar-refractivity contribution < 1.29 is 14.5 Å². The van der Waals surface area contributed by atoms with Crippen LogP contribution >= 0.6 is 0 Å². The predicted octanol–water partition coefficient (Wildman–Crippen LogP) is 0.298. The summed E-state index contributed by atoms with van der Waals surface area (Å²) in [6.07, 6.45) is 0. The average Bonchev–Trinajstić information content (AvgIpc) is 2.19. The molecule has 2 N–H and O–H groups in total. The number of benzene rings is 1. The normalized spacial score (nSPS) is 9.00. The summed E-state index contributed by atoms with van der Waals surface area (Å²) in [7, 11) is 0. The average molecular weight is 191 g/mol. The van der Waals surface area contributed by atoms with Crippen LogP contribution in [0.5, 0.6) is 0 Å². The van der Waals surface area contributed by atoms with Gasteiger partial charge in [-0.3, -0.25) is 0 Å². The van der Waals surface area contributed by atoms with E-state index in [1.165, 1.54) is 6.07 Å². The maximum atomic E-state index is 10.7. The molecule has 71 valence electrons. The molecule has 0 amide bonds. The number of fused-ring (bicyclic) bond motifs is 1. The van der Waals surface area contributed by atoms with Crippen LogP contribution in [0.15, 0.2) is 45.6 Å². The molecule has 0 saturated carbocycles. The van der Waals surface area contributed by atoms with Gasteiger partial charge in [0.2, 0.25) is 0 Å². The molecule has 0 unspecified atom stereocenters. The summed E-state index contributed by atoms with van der Waals surface area (Å²) in [6, 6.07) is 10.6. The summed E-state index contributed by atoms with van der Waals surface area (Å²) in [5.74, 6) is 0. The lowest BCUT2D eigenvalue weighted by Gasteiger charge is -1.91. The van der Waals surface area contributed by atoms with Crippen LogP contribution in [0.3, 0.4) is 0 Å². The third kappa shape index (κ3) is 2.72. The number of hydrogen-bond donors (Lipinski definition) is 2. The van der Waals surface area contributed by atoms with E-state index >= 15 is 0 Å². The van der Waals surface area contributed by atoms with Gasteiger partial charge in [0.15, 0.2) is 0 Å². The Balaban J connectivity index is 0.000000293. The van der Waals surface area contributed by atoms with Crippen molar-refractivity contribution in [3.63, 3.8) is 0 Å². The summed E-state index contributed by atoms with van der Waals surface area (Å²) < 4.78 is 4.91. The van der Waals surface area contributed by atoms with Crippen LogP contribution in [0.1, 0.15) is 0 Å². The molecular formula is C9H8BO4. The Morgan fingerprint density at radius 1 is 1.07 bits per heavy atom. The molecule has 0 aliphatic carbocycles. The van der Waals surface area contributed by atoms with E-state index in [9.17, 15) is 4.79 Å². The van der Waals surface area contributed by atoms with Crippen LogP contribution in [0.25, 0.3) is 11.0 Å². The van der Waals surface area contributed by atoms with Gasteiger partial charge in [-0.05, 0) is 12.1 Å². The lowest BCUT2D eigenvalue weighted by molar-refractivity contribution is 0.448. The van der Waals surface area contributed by atoms with E-state index in [1.54, 1.807) is 12.1 Å². The van der Waals surface area contributed by atoms with E-state index in [0.717, 1.165) is 5.39 Å². The highest BCUT2D eigenvalue weighted by molar-refractivity contribution is 6.13. The fraction of sp³-hybridized carbons (Fsp3) is 0. The Kier molecular flexibility index (Phi) is 3.91. The first-order valence-electron chi connectivity index (χ1n) is 3.87. The summed E-state index contributed by atoms with van der Waals surface area (Å²) >= 11 is 0. The molecular weight excluding hydrogens is 183 g/mol. The summed E-state index contributed by atoms with van der Waals surface area (Å²) in [5.41, 5.74) is 0.337. The monoisotopic (exact) mass is 191 g/mol. The second-order valence-electron chi connectivity index (χ2n) is 2.41. The Morgan fingerprint density at radius 2 is 1.71 bits per heavy atom. The molecule has 0 spiro atoms. The van der Waals surface area contributed by atoms with Crippen molar-refractivity contribution in [3.05, 3.63) is 46.8 Å². The molecule has 14 heavy (non-hydrogen) atoms. The van der Waals surface area contributed by atoms with Gasteiger partial charge in [-0.15, -0.1) is 0 Å². The predicted molar refractivity (Wildman–Crippen MR) is 52.7 cm³/mol. The van der Waals surface area contributed by atoms with Crippen molar-refractivity contribution in [2.24, 2.45) is 0 Å². The molecule has 4 nitrogen and oxygen atoms in total. The van der Waals surface area contributed by atoms with Crippen molar-refractivity contribution in [3.8, 4) is 0 Å². The minimum absolute atomic E-state index is 0. The number of rotatable bonds is 0. The SMILES string of the molecule is O=c1ccc2ccccc2o1.O[B]O. The Bertz CT molecular complexity index is 452. The van der Waals surface area contributed by atoms with Gasteiger partial charge in [-0.1, -0.05) is 18.2 Å². The molecule has 0 aliphatic rings. The maximum absolute atomic E-state index is 10.7. The van der Waals surface area contributed by atoms with Gasteiger partial charge in [0, 0.05) is 11.5 Å². The van der Waals surface area contributed by atoms with E-state index in [4.69, 9.17) is 14.5 Å². The molecule has 0 bridgehead atoms. The maximum Gasteiger partial charge on any atom is 0.482 e. The Labute approximate surface area is 80.7 Å². The molecule has 2 rings (SSSR count).